The van der Waals surface area contributed by atoms with E-state index in [9.17, 15) is 0 Å². The summed E-state index contributed by atoms with van der Waals surface area (Å²) in [6.45, 7) is 0. The molecule has 0 unspecified atom stereocenters. The van der Waals surface area contributed by atoms with Crippen LogP contribution in [0.25, 0.3) is 0 Å². The summed E-state index contributed by atoms with van der Waals surface area (Å²) in [6, 6.07) is 0. The van der Waals surface area contributed by atoms with Crippen LogP contribution in [0.15, 0.2) is 0 Å². The summed E-state index contributed by atoms with van der Waals surface area (Å²) in [4.78, 5) is 0. The average Bonchev–Trinajstić information content (AvgIpc) is 1.00. The van der Waals surface area contributed by atoms with Crippen LogP contribution in [0.3, 0.4) is 0 Å². The quantitative estimate of drug-likeness (QED) is 0.462. The van der Waals surface area contributed by atoms with Crippen LogP contribution in [0, 0.1) is 0 Å². The van der Waals surface area contributed by atoms with E-state index in [1.54, 1.807) is 0 Å². The first-order chi connectivity index (χ1) is 1.00. The van der Waals surface area contributed by atoms with E-state index >= 15 is 0 Å². The molecule has 20 valence electrons. The van der Waals surface area contributed by atoms with Crippen LogP contribution in [0.2, 0.25) is 0 Å². The molecule has 0 rings (SSSR count). The maximum Gasteiger partial charge on any atom is 0 e. The van der Waals surface area contributed by atoms with Crippen molar-refractivity contribution in [1.29, 1.82) is 0 Å². The number of hydrogen-bond acceptors (Lipinski definition) is 1. The monoisotopic (exact) mass is 440 g/mol. The first-order valence-corrected chi connectivity index (χ1v) is 2.60. The molecule has 0 atom stereocenters. The van der Waals surface area contributed by atoms with Crippen LogP contribution in [0.1, 0.15) is 0 Å². The van der Waals surface area contributed by atoms with E-state index in [1.807, 2.05) is 0 Å². The Morgan fingerprint density at radius 1 is 1.25 bits per heavy atom. The van der Waals surface area contributed by atoms with Gasteiger partial charge in [0.1, 0.15) is 0 Å². The van der Waals surface area contributed by atoms with Gasteiger partial charge in [0.15, 0.2) is 0 Å². The fourth-order valence-electron chi connectivity index (χ4n) is 0. The van der Waals surface area contributed by atoms with Crippen molar-refractivity contribution in [1.82, 2.24) is 0 Å². The van der Waals surface area contributed by atoms with Gasteiger partial charge in [-0.15, -0.1) is 0 Å². The molecule has 0 nitrogen and oxygen atoms in total. The smallest absolute Gasteiger partial charge is 0 e. The summed E-state index contributed by atoms with van der Waals surface area (Å²) in [5, 5.41) is 0. The SMILES string of the molecule is S=[Se].[Pb].[Sn]. The van der Waals surface area contributed by atoms with E-state index in [4.69, 9.17) is 0 Å². The Kier molecular flexibility index (Phi) is 72.2. The maximum absolute atomic E-state index is 3.96. The molecule has 0 aromatic heterocycles. The van der Waals surface area contributed by atoms with E-state index in [-0.39, 0.29) is 51.2 Å². The topological polar surface area (TPSA) is 0 Å². The Morgan fingerprint density at radius 2 is 1.25 bits per heavy atom. The van der Waals surface area contributed by atoms with Crippen LogP contribution < -0.4 is 0 Å². The van der Waals surface area contributed by atoms with Crippen molar-refractivity contribution in [2.45, 2.75) is 0 Å². The van der Waals surface area contributed by atoms with Gasteiger partial charge in [0.2, 0.25) is 0 Å². The van der Waals surface area contributed by atoms with Gasteiger partial charge in [0.25, 0.3) is 0 Å². The summed E-state index contributed by atoms with van der Waals surface area (Å²) >= 11 is 2.21. The largest absolute Gasteiger partial charge is 0 e. The fraction of sp³-hybridized carbons (Fsp3) is 0. The third-order valence-electron chi connectivity index (χ3n) is 0. The molecule has 0 aromatic carbocycles. The molecule has 8 radical (unpaired) electrons. The summed E-state index contributed by atoms with van der Waals surface area (Å²) in [7, 11) is 3.96. The molecule has 0 bridgehead atoms. The summed E-state index contributed by atoms with van der Waals surface area (Å²) in [5.41, 5.74) is 0. The second-order valence-corrected chi connectivity index (χ2v) is 0. The minimum atomic E-state index is 0. The molecule has 4 heteroatoms. The number of rotatable bonds is 0. The van der Waals surface area contributed by atoms with Gasteiger partial charge < -0.3 is 0 Å². The molecule has 0 saturated carbocycles. The van der Waals surface area contributed by atoms with E-state index < -0.39 is 0 Å². The standard InChI is InChI=1S/Pb.SSe.Sn/c;1-2;. The van der Waals surface area contributed by atoms with Gasteiger partial charge in [-0.1, -0.05) is 0 Å². The molecule has 0 amide bonds. The minimum Gasteiger partial charge on any atom is 0 e. The Bertz CT molecular complexity index is 8.00. The Labute approximate surface area is 74.9 Å². The van der Waals surface area contributed by atoms with E-state index in [1.165, 1.54) is 0 Å². The number of hydrogen-bond donors (Lipinski definition) is 0. The molecule has 0 N–H and O–H groups in total. The minimum absolute atomic E-state index is 0. The van der Waals surface area contributed by atoms with E-state index in [0.717, 1.165) is 0 Å². The maximum atomic E-state index is 3.96. The van der Waals surface area contributed by atoms with Crippen molar-refractivity contribution in [3.05, 3.63) is 0 Å². The van der Waals surface area contributed by atoms with Gasteiger partial charge in [-0.05, 0) is 0 Å². The zero-order chi connectivity index (χ0) is 2.00. The predicted molar refractivity (Wildman–Crippen MR) is 24.9 cm³/mol. The first kappa shape index (κ1) is 16.1. The molecule has 0 aliphatic rings. The molecule has 4 heavy (non-hydrogen) atoms. The van der Waals surface area contributed by atoms with Crippen molar-refractivity contribution < 1.29 is 0 Å². The van der Waals surface area contributed by atoms with Gasteiger partial charge in [-0.2, -0.15) is 0 Å². The normalized spacial score (nSPS) is 1.00. The molecule has 0 saturated heterocycles. The summed E-state index contributed by atoms with van der Waals surface area (Å²) in [5.74, 6) is 0. The third-order valence-corrected chi connectivity index (χ3v) is 0. The van der Waals surface area contributed by atoms with Gasteiger partial charge in [0.05, 0.1) is 0 Å². The Balaban J connectivity index is -0.00000000500. The van der Waals surface area contributed by atoms with Crippen molar-refractivity contribution in [3.8, 4) is 0 Å². The third kappa shape index (κ3) is 8.82. The van der Waals surface area contributed by atoms with Crippen LogP contribution in [0.5, 0.6) is 0 Å². The van der Waals surface area contributed by atoms with Crippen LogP contribution in [-0.4, -0.2) is 65.6 Å². The predicted octanol–water partition coefficient (Wildman–Crippen LogP) is -0.494. The van der Waals surface area contributed by atoms with Crippen molar-refractivity contribution in [2.75, 3.05) is 0 Å². The van der Waals surface area contributed by atoms with Gasteiger partial charge >= 0.3 is 24.9 Å². The van der Waals surface area contributed by atoms with Crippen LogP contribution in [0.4, 0.5) is 0 Å². The van der Waals surface area contributed by atoms with Crippen LogP contribution >= 0.6 is 10.6 Å². The Morgan fingerprint density at radius 3 is 1.25 bits per heavy atom. The molecule has 0 fully saturated rings. The fourth-order valence-corrected chi connectivity index (χ4v) is 0. The van der Waals surface area contributed by atoms with Crippen molar-refractivity contribution in [2.24, 2.45) is 0 Å². The summed E-state index contributed by atoms with van der Waals surface area (Å²) in [6.07, 6.45) is 0. The van der Waals surface area contributed by atoms with E-state index in [0.29, 0.717) is 0 Å². The molecule has 0 aliphatic heterocycles. The zero-order valence-electron chi connectivity index (χ0n) is 1.82. The molecular weight excluding hydrogens is 437 g/mol. The molecule has 0 aliphatic carbocycles. The van der Waals surface area contributed by atoms with Crippen molar-refractivity contribution >= 4 is 76.1 Å². The second-order valence-electron chi connectivity index (χ2n) is 0. The molecule has 0 spiro atoms. The molecule has 0 heterocycles. The second kappa shape index (κ2) is 17.9. The zero-order valence-corrected chi connectivity index (χ0v) is 11.1. The van der Waals surface area contributed by atoms with Gasteiger partial charge in [0, 0.05) is 51.2 Å². The summed E-state index contributed by atoms with van der Waals surface area (Å²) < 4.78 is 0. The van der Waals surface area contributed by atoms with E-state index in [2.05, 4.69) is 24.9 Å². The Hall–Kier alpha value is 2.46. The van der Waals surface area contributed by atoms with Gasteiger partial charge in [-0.3, -0.25) is 0 Å². The van der Waals surface area contributed by atoms with Gasteiger partial charge in [-0.25, -0.2) is 0 Å². The average molecular weight is 437 g/mol. The first-order valence-electron chi connectivity index (χ1n) is 0.167. The van der Waals surface area contributed by atoms with Crippen molar-refractivity contribution in [3.63, 3.8) is 0 Å². The molecular formula is PbSSeSn. The molecule has 0 aromatic rings. The van der Waals surface area contributed by atoms with Crippen LogP contribution in [-0.2, 0) is 0 Å².